The molecular formula is C14H11N5Na4O8. The van der Waals surface area contributed by atoms with E-state index in [1.165, 1.54) is 16.2 Å². The topological polar surface area (TPSA) is 236 Å². The first kappa shape index (κ1) is 44.3. The second-order valence-corrected chi connectivity index (χ2v) is 4.07. The average Bonchev–Trinajstić information content (AvgIpc) is 2.63. The van der Waals surface area contributed by atoms with Crippen molar-refractivity contribution in [3.63, 3.8) is 0 Å². The van der Waals surface area contributed by atoms with Crippen molar-refractivity contribution in [2.75, 3.05) is 5.73 Å². The molecule has 0 saturated carbocycles. The van der Waals surface area contributed by atoms with E-state index in [2.05, 4.69) is 36.4 Å². The van der Waals surface area contributed by atoms with E-state index in [-0.39, 0.29) is 118 Å². The molecule has 0 amide bonds. The van der Waals surface area contributed by atoms with E-state index in [0.717, 1.165) is 32.4 Å². The third-order valence-corrected chi connectivity index (χ3v) is 2.78. The molecule has 0 unspecified atom stereocenters. The Balaban J connectivity index is -0.0000000843. The summed E-state index contributed by atoms with van der Waals surface area (Å²) in [5.41, 5.74) is 6.79. The number of anilines is 1. The maximum absolute atomic E-state index is 8.00. The van der Waals surface area contributed by atoms with Crippen LogP contribution in [0.4, 0.5) is 5.69 Å². The quantitative estimate of drug-likeness (QED) is 0.108. The molecule has 2 N–H and O–H groups in total. The summed E-state index contributed by atoms with van der Waals surface area (Å²) in [6, 6.07) is 18.7. The molecule has 13 nitrogen and oxygen atoms in total. The Morgan fingerprint density at radius 1 is 0.548 bits per heavy atom. The Morgan fingerprint density at radius 3 is 1.26 bits per heavy atom. The third kappa shape index (κ3) is 21.2. The van der Waals surface area contributed by atoms with Crippen LogP contribution in [0.3, 0.4) is 0 Å². The summed E-state index contributed by atoms with van der Waals surface area (Å²) >= 11 is 0. The molecule has 0 aliphatic heterocycles. The molecule has 0 bridgehead atoms. The minimum atomic E-state index is 0. The molecular weight excluding hydrogens is 458 g/mol. The second kappa shape index (κ2) is 31.8. The van der Waals surface area contributed by atoms with Gasteiger partial charge in [-0.15, -0.1) is 21.4 Å². The van der Waals surface area contributed by atoms with E-state index in [4.69, 9.17) is 46.2 Å². The van der Waals surface area contributed by atoms with Crippen molar-refractivity contribution in [2.45, 2.75) is 0 Å². The molecule has 3 rings (SSSR count). The Morgan fingerprint density at radius 2 is 0.871 bits per heavy atom. The van der Waals surface area contributed by atoms with Gasteiger partial charge < -0.3 is 46.2 Å². The number of hydrogen-bond donors (Lipinski definition) is 1. The molecule has 0 aliphatic rings. The second-order valence-electron chi connectivity index (χ2n) is 4.07. The standard InChI is InChI=1S/C14H11N.4HNO2.4Na/c15-14-7-3-6-12-8-10-4-1-2-5-11(10)9-13(12)14;4*2-1-3;;;;/h1-9H,15H2;4*(H,2,3);;;;/q;;;;;4*+1/p-4. The molecule has 0 saturated heterocycles. The molecule has 17 heteroatoms. The van der Waals surface area contributed by atoms with Crippen molar-refractivity contribution in [1.29, 1.82) is 0 Å². The zero-order valence-electron chi connectivity index (χ0n) is 17.3. The van der Waals surface area contributed by atoms with Gasteiger partial charge in [0, 0.05) is 11.1 Å². The minimum Gasteiger partial charge on any atom is -0.444 e. The minimum absolute atomic E-state index is 0. The molecule has 144 valence electrons. The van der Waals surface area contributed by atoms with Crippen LogP contribution in [0, 0.1) is 40.5 Å². The van der Waals surface area contributed by atoms with Crippen molar-refractivity contribution in [2.24, 2.45) is 21.4 Å². The van der Waals surface area contributed by atoms with E-state index in [1.54, 1.807) is 0 Å². The summed E-state index contributed by atoms with van der Waals surface area (Å²) in [7, 11) is 0. The zero-order chi connectivity index (χ0) is 21.1. The normalized spacial score (nSPS) is 6.84. The van der Waals surface area contributed by atoms with Crippen LogP contribution in [-0.4, -0.2) is 0 Å². The van der Waals surface area contributed by atoms with Crippen molar-refractivity contribution < 1.29 is 118 Å². The third-order valence-electron chi connectivity index (χ3n) is 2.78. The Hall–Kier alpha value is -0.420. The van der Waals surface area contributed by atoms with E-state index >= 15 is 0 Å². The number of benzene rings is 3. The fourth-order valence-corrected chi connectivity index (χ4v) is 1.99. The monoisotopic (exact) mass is 469 g/mol. The van der Waals surface area contributed by atoms with Crippen molar-refractivity contribution in [1.82, 2.24) is 0 Å². The molecule has 31 heavy (non-hydrogen) atoms. The summed E-state index contributed by atoms with van der Waals surface area (Å²) in [5.74, 6) is 0. The Labute approximate surface area is 264 Å². The predicted octanol–water partition coefficient (Wildman–Crippen LogP) is -7.41. The first-order chi connectivity index (χ1) is 13.0. The average molecular weight is 469 g/mol. The van der Waals surface area contributed by atoms with E-state index in [1.807, 2.05) is 18.2 Å². The fourth-order valence-electron chi connectivity index (χ4n) is 1.99. The number of nitrogens with zero attached hydrogens (tertiary/aromatic N) is 4. The summed E-state index contributed by atoms with van der Waals surface area (Å²) in [6.07, 6.45) is 0. The van der Waals surface area contributed by atoms with Gasteiger partial charge in [0.25, 0.3) is 0 Å². The van der Waals surface area contributed by atoms with Crippen LogP contribution in [0.25, 0.3) is 21.5 Å². The largest absolute Gasteiger partial charge is 1.00 e. The summed E-state index contributed by atoms with van der Waals surface area (Å²) < 4.78 is 0. The van der Waals surface area contributed by atoms with E-state index in [0.29, 0.717) is 0 Å². The van der Waals surface area contributed by atoms with Crippen LogP contribution in [0.5, 0.6) is 0 Å². The van der Waals surface area contributed by atoms with Gasteiger partial charge >= 0.3 is 118 Å². The Kier molecular flexibility index (Phi) is 45.4. The zero-order valence-corrected chi connectivity index (χ0v) is 25.3. The molecule has 0 heterocycles. The number of fused-ring (bicyclic) bond motifs is 2. The van der Waals surface area contributed by atoms with Gasteiger partial charge in [-0.2, -0.15) is 0 Å². The fraction of sp³-hybridized carbons (Fsp3) is 0. The van der Waals surface area contributed by atoms with Crippen LogP contribution in [0.2, 0.25) is 0 Å². The van der Waals surface area contributed by atoms with Gasteiger partial charge in [0.15, 0.2) is 0 Å². The molecule has 0 fully saturated rings. The summed E-state index contributed by atoms with van der Waals surface area (Å²) in [4.78, 5) is 32.0. The smallest absolute Gasteiger partial charge is 0.444 e. The van der Waals surface area contributed by atoms with Gasteiger partial charge in [-0.25, -0.2) is 0 Å². The Bertz CT molecular complexity index is 839. The van der Waals surface area contributed by atoms with Crippen LogP contribution in [0.1, 0.15) is 0 Å². The summed E-state index contributed by atoms with van der Waals surface area (Å²) in [5, 5.41) is 40.8. The first-order valence-electron chi connectivity index (χ1n) is 6.48. The van der Waals surface area contributed by atoms with Crippen molar-refractivity contribution >= 4 is 27.2 Å². The number of rotatable bonds is 0. The van der Waals surface area contributed by atoms with Crippen molar-refractivity contribution in [3.8, 4) is 0 Å². The molecule has 0 aromatic heterocycles. The van der Waals surface area contributed by atoms with Gasteiger partial charge in [0.05, 0.1) is 0 Å². The predicted molar refractivity (Wildman–Crippen MR) is 103 cm³/mol. The molecule has 0 spiro atoms. The van der Waals surface area contributed by atoms with Gasteiger partial charge in [-0.05, 0) is 34.4 Å². The molecule has 0 radical (unpaired) electrons. The number of hydrogen-bond acceptors (Lipinski definition) is 13. The van der Waals surface area contributed by atoms with E-state index < -0.39 is 0 Å². The number of nitrogens with two attached hydrogens (primary N) is 1. The maximum Gasteiger partial charge on any atom is 1.00 e. The van der Waals surface area contributed by atoms with E-state index in [9.17, 15) is 0 Å². The maximum atomic E-state index is 8.00. The van der Waals surface area contributed by atoms with Crippen LogP contribution < -0.4 is 124 Å². The molecule has 0 atom stereocenters. The number of nitrogen functional groups attached to an aromatic ring is 1. The molecule has 0 aliphatic carbocycles. The van der Waals surface area contributed by atoms with Crippen molar-refractivity contribution in [3.05, 3.63) is 95.1 Å². The molecule has 3 aromatic rings. The first-order valence-corrected chi connectivity index (χ1v) is 6.48. The van der Waals surface area contributed by atoms with Gasteiger partial charge in [0.1, 0.15) is 0 Å². The van der Waals surface area contributed by atoms with Gasteiger partial charge in [-0.3, -0.25) is 0 Å². The van der Waals surface area contributed by atoms with Gasteiger partial charge in [-0.1, -0.05) is 36.4 Å². The SMILES string of the molecule is Nc1cccc2cc3ccccc3cc12.O=N[O-].O=N[O-].O=N[O-].O=N[O-].[Na+].[Na+].[Na+].[Na+]. The van der Waals surface area contributed by atoms with Gasteiger partial charge in [0.2, 0.25) is 0 Å². The van der Waals surface area contributed by atoms with Crippen LogP contribution in [0.15, 0.2) is 76.0 Å². The molecule has 3 aromatic carbocycles. The van der Waals surface area contributed by atoms with Crippen LogP contribution in [-0.2, 0) is 0 Å². The summed E-state index contributed by atoms with van der Waals surface area (Å²) in [6.45, 7) is 0. The van der Waals surface area contributed by atoms with Crippen LogP contribution >= 0.6 is 0 Å².